The van der Waals surface area contributed by atoms with Crippen LogP contribution in [0.25, 0.3) is 5.84 Å². The fourth-order valence-corrected chi connectivity index (χ4v) is 1.97. The number of hydrogen-bond donors (Lipinski definition) is 1. The van der Waals surface area contributed by atoms with E-state index in [1.165, 1.54) is 25.7 Å². The fraction of sp³-hybridized carbons (Fsp3) is 1.00. The monoisotopic (exact) mass is 156 g/mol. The Hall–Kier alpha value is -0.0800. The van der Waals surface area contributed by atoms with Crippen LogP contribution in [0.2, 0.25) is 0 Å². The summed E-state index contributed by atoms with van der Waals surface area (Å²) in [6.07, 6.45) is 5.49. The molecule has 11 heavy (non-hydrogen) atoms. The van der Waals surface area contributed by atoms with Gasteiger partial charge in [0.15, 0.2) is 0 Å². The zero-order chi connectivity index (χ0) is 8.27. The summed E-state index contributed by atoms with van der Waals surface area (Å²) in [7, 11) is 1.93. The van der Waals surface area contributed by atoms with Gasteiger partial charge in [0.1, 0.15) is 0 Å². The van der Waals surface area contributed by atoms with E-state index in [0.717, 1.165) is 23.4 Å². The van der Waals surface area contributed by atoms with Crippen LogP contribution in [-0.4, -0.2) is 13.6 Å². The molecule has 2 N–H and O–H groups in total. The van der Waals surface area contributed by atoms with E-state index in [4.69, 9.17) is 5.84 Å². The predicted molar refractivity (Wildman–Crippen MR) is 47.2 cm³/mol. The molecule has 0 aromatic rings. The molecule has 2 nitrogen and oxygen atoms in total. The zero-order valence-corrected chi connectivity index (χ0v) is 7.69. The van der Waals surface area contributed by atoms with Gasteiger partial charge in [-0.05, 0) is 18.8 Å². The van der Waals surface area contributed by atoms with E-state index in [2.05, 4.69) is 6.92 Å². The molecule has 0 aliphatic heterocycles. The summed E-state index contributed by atoms with van der Waals surface area (Å²) in [5.74, 6) is 9.16. The van der Waals surface area contributed by atoms with Crippen LogP contribution in [0.15, 0.2) is 0 Å². The average molecular weight is 156 g/mol. The third-order valence-corrected chi connectivity index (χ3v) is 2.73. The van der Waals surface area contributed by atoms with Crippen molar-refractivity contribution in [3.05, 3.63) is 5.84 Å². The summed E-state index contributed by atoms with van der Waals surface area (Å²) in [5, 5.41) is 0.865. The standard InChI is InChI=1S/C9H20N2/c1-8-3-5-9(6-4-8)7-11(2)10/h8-11H,3-7H2,1-2H3. The quantitative estimate of drug-likeness (QED) is 0.584. The molecule has 0 bridgehead atoms. The van der Waals surface area contributed by atoms with Crippen molar-refractivity contribution in [2.24, 2.45) is 11.8 Å². The number of hydrogen-bond acceptors (Lipinski definition) is 0. The summed E-state index contributed by atoms with van der Waals surface area (Å²) in [6.45, 7) is 3.39. The molecule has 0 saturated heterocycles. The molecule has 1 rings (SSSR count). The molecule has 0 radical (unpaired) electrons. The van der Waals surface area contributed by atoms with E-state index in [-0.39, 0.29) is 0 Å². The molecule has 1 aliphatic carbocycles. The Morgan fingerprint density at radius 2 is 1.82 bits per heavy atom. The van der Waals surface area contributed by atoms with E-state index in [9.17, 15) is 0 Å². The molecule has 0 aromatic carbocycles. The van der Waals surface area contributed by atoms with Crippen molar-refractivity contribution < 1.29 is 5.01 Å². The molecule has 2 heteroatoms. The first-order chi connectivity index (χ1) is 5.18. The Morgan fingerprint density at radius 1 is 1.27 bits per heavy atom. The van der Waals surface area contributed by atoms with Crippen molar-refractivity contribution in [1.82, 2.24) is 0 Å². The van der Waals surface area contributed by atoms with Gasteiger partial charge in [-0.15, -0.1) is 0 Å². The lowest BCUT2D eigenvalue weighted by molar-refractivity contribution is -0.830. The second-order valence-corrected chi connectivity index (χ2v) is 4.11. The molecule has 0 spiro atoms. The lowest BCUT2D eigenvalue weighted by atomic mass is 9.83. The number of nitrogens with one attached hydrogen (secondary N) is 2. The second kappa shape index (κ2) is 4.07. The van der Waals surface area contributed by atoms with E-state index >= 15 is 0 Å². The normalized spacial score (nSPS) is 35.2. The number of rotatable bonds is 2. The first-order valence-electron chi connectivity index (χ1n) is 4.72. The summed E-state index contributed by atoms with van der Waals surface area (Å²) >= 11 is 0. The highest BCUT2D eigenvalue weighted by atomic mass is 15.4. The Bertz CT molecular complexity index is 104. The van der Waals surface area contributed by atoms with Crippen LogP contribution in [0.4, 0.5) is 0 Å². The van der Waals surface area contributed by atoms with Crippen LogP contribution >= 0.6 is 0 Å². The molecule has 0 amide bonds. The van der Waals surface area contributed by atoms with Crippen molar-refractivity contribution in [3.63, 3.8) is 0 Å². The van der Waals surface area contributed by atoms with E-state index < -0.39 is 0 Å². The SMILES string of the molecule is CC1CCC(C[NH+](C)[NH-])CC1. The maximum Gasteiger partial charge on any atom is 0.0708 e. The molecule has 1 unspecified atom stereocenters. The van der Waals surface area contributed by atoms with Gasteiger partial charge in [0.05, 0.1) is 13.6 Å². The Morgan fingerprint density at radius 3 is 2.27 bits per heavy atom. The molecule has 1 aliphatic rings. The van der Waals surface area contributed by atoms with E-state index in [0.29, 0.717) is 0 Å². The second-order valence-electron chi connectivity index (χ2n) is 4.11. The largest absolute Gasteiger partial charge is 0.470 e. The van der Waals surface area contributed by atoms with Gasteiger partial charge >= 0.3 is 0 Å². The zero-order valence-electron chi connectivity index (χ0n) is 7.69. The third kappa shape index (κ3) is 3.21. The smallest absolute Gasteiger partial charge is 0.0708 e. The Balaban J connectivity index is 2.17. The van der Waals surface area contributed by atoms with Crippen LogP contribution in [0.3, 0.4) is 0 Å². The van der Waals surface area contributed by atoms with Crippen molar-refractivity contribution in [2.45, 2.75) is 32.6 Å². The molecule has 1 saturated carbocycles. The van der Waals surface area contributed by atoms with Gasteiger partial charge in [-0.25, -0.2) is 0 Å². The first kappa shape index (κ1) is 9.01. The van der Waals surface area contributed by atoms with E-state index in [1.54, 1.807) is 0 Å². The maximum absolute atomic E-state index is 7.38. The molecule has 1 fully saturated rings. The number of quaternary nitrogens is 1. The topological polar surface area (TPSA) is 28.2 Å². The Labute approximate surface area is 69.7 Å². The van der Waals surface area contributed by atoms with Crippen LogP contribution in [0.5, 0.6) is 0 Å². The lowest BCUT2D eigenvalue weighted by Gasteiger charge is -2.28. The van der Waals surface area contributed by atoms with Crippen molar-refractivity contribution >= 4 is 0 Å². The highest BCUT2D eigenvalue weighted by molar-refractivity contribution is 4.68. The van der Waals surface area contributed by atoms with Gasteiger partial charge in [-0.2, -0.15) is 0 Å². The minimum absolute atomic E-state index is 0.837. The fourth-order valence-electron chi connectivity index (χ4n) is 1.97. The molecule has 1 atom stereocenters. The Kier molecular flexibility index (Phi) is 3.34. The van der Waals surface area contributed by atoms with Crippen molar-refractivity contribution in [1.29, 1.82) is 0 Å². The summed E-state index contributed by atoms with van der Waals surface area (Å²) in [5.41, 5.74) is 0. The van der Waals surface area contributed by atoms with Gasteiger partial charge in [0, 0.05) is 5.92 Å². The summed E-state index contributed by atoms with van der Waals surface area (Å²) in [6, 6.07) is 0. The van der Waals surface area contributed by atoms with E-state index in [1.807, 2.05) is 7.05 Å². The third-order valence-electron chi connectivity index (χ3n) is 2.73. The van der Waals surface area contributed by atoms with Crippen molar-refractivity contribution in [3.8, 4) is 0 Å². The summed E-state index contributed by atoms with van der Waals surface area (Å²) < 4.78 is 0. The first-order valence-corrected chi connectivity index (χ1v) is 4.72. The molecular weight excluding hydrogens is 136 g/mol. The van der Waals surface area contributed by atoms with Gasteiger partial charge in [0.2, 0.25) is 0 Å². The van der Waals surface area contributed by atoms with Crippen LogP contribution < -0.4 is 5.01 Å². The predicted octanol–water partition coefficient (Wildman–Crippen LogP) is 1.29. The van der Waals surface area contributed by atoms with Crippen molar-refractivity contribution in [2.75, 3.05) is 13.6 Å². The minimum Gasteiger partial charge on any atom is -0.470 e. The average Bonchev–Trinajstić information content (AvgIpc) is 1.93. The minimum atomic E-state index is 0.837. The van der Waals surface area contributed by atoms with Crippen LogP contribution in [0.1, 0.15) is 32.6 Å². The van der Waals surface area contributed by atoms with Crippen LogP contribution in [0, 0.1) is 11.8 Å². The van der Waals surface area contributed by atoms with Gasteiger partial charge < -0.3 is 10.9 Å². The molecular formula is C9H20N2. The molecule has 0 aromatic heterocycles. The lowest BCUT2D eigenvalue weighted by Crippen LogP contribution is -3.02. The molecule has 66 valence electrons. The maximum atomic E-state index is 7.38. The van der Waals surface area contributed by atoms with Crippen LogP contribution in [-0.2, 0) is 0 Å². The molecule has 0 heterocycles. The van der Waals surface area contributed by atoms with Gasteiger partial charge in [-0.1, -0.05) is 19.8 Å². The van der Waals surface area contributed by atoms with Gasteiger partial charge in [-0.3, -0.25) is 0 Å². The summed E-state index contributed by atoms with van der Waals surface area (Å²) in [4.78, 5) is 0. The van der Waals surface area contributed by atoms with Gasteiger partial charge in [0.25, 0.3) is 0 Å². The highest BCUT2D eigenvalue weighted by Gasteiger charge is 2.18. The highest BCUT2D eigenvalue weighted by Crippen LogP contribution is 2.26.